The first-order chi connectivity index (χ1) is 17.0. The third-order valence-corrected chi connectivity index (χ3v) is 6.36. The van der Waals surface area contributed by atoms with Gasteiger partial charge in [-0.25, -0.2) is 14.4 Å². The summed E-state index contributed by atoms with van der Waals surface area (Å²) in [6.45, 7) is 0. The van der Waals surface area contributed by atoms with Crippen LogP contribution in [0, 0.1) is 5.82 Å². The van der Waals surface area contributed by atoms with Crippen molar-refractivity contribution in [1.82, 2.24) is 9.97 Å². The van der Waals surface area contributed by atoms with Gasteiger partial charge in [0, 0.05) is 23.2 Å². The normalized spacial score (nSPS) is 10.6. The number of hydrogen-bond donors (Lipinski definition) is 2. The molecule has 1 amide bonds. The molecule has 0 saturated heterocycles. The number of methoxy groups -OCH3 is 1. The summed E-state index contributed by atoms with van der Waals surface area (Å²) in [6.07, 6.45) is 3.80. The zero-order valence-corrected chi connectivity index (χ0v) is 20.6. The molecule has 6 nitrogen and oxygen atoms in total. The van der Waals surface area contributed by atoms with Gasteiger partial charge >= 0.3 is 0 Å². The van der Waals surface area contributed by atoms with E-state index in [-0.39, 0.29) is 16.3 Å². The van der Waals surface area contributed by atoms with Gasteiger partial charge in [0.05, 0.1) is 29.1 Å². The molecule has 0 aliphatic carbocycles. The Hall–Kier alpha value is -3.62. The Morgan fingerprint density at radius 1 is 1.09 bits per heavy atom. The van der Waals surface area contributed by atoms with Gasteiger partial charge in [0.15, 0.2) is 0 Å². The number of carbonyl (C=O) groups excluding carboxylic acids is 1. The number of hydrogen-bond acceptors (Lipinski definition) is 6. The molecule has 178 valence electrons. The molecular formula is C26H22ClFN4O2S. The van der Waals surface area contributed by atoms with E-state index in [1.54, 1.807) is 18.9 Å². The van der Waals surface area contributed by atoms with Gasteiger partial charge in [0.1, 0.15) is 11.6 Å². The Labute approximate surface area is 211 Å². The van der Waals surface area contributed by atoms with Crippen LogP contribution in [0.1, 0.15) is 21.6 Å². The first-order valence-electron chi connectivity index (χ1n) is 10.6. The zero-order valence-electron chi connectivity index (χ0n) is 19.0. The summed E-state index contributed by atoms with van der Waals surface area (Å²) in [5.74, 6) is -0.125. The molecule has 1 heterocycles. The second kappa shape index (κ2) is 11.2. The SMILES string of the molecule is COc1ccc(Nc2ncc(C(=O)Nc3c(F)cccc3Cl)c(Cc3ccccc3SC)n2)cc1. The highest BCUT2D eigenvalue weighted by molar-refractivity contribution is 7.98. The highest BCUT2D eigenvalue weighted by atomic mass is 35.5. The standard InChI is InChI=1S/C26H22ClFN4O2S/c1-34-18-12-10-17(11-13-18)30-26-29-15-19(25(33)32-24-20(27)7-5-8-21(24)28)22(31-26)14-16-6-3-4-9-23(16)35-2/h3-13,15H,14H2,1-2H3,(H,32,33)(H,29,30,31). The Morgan fingerprint density at radius 3 is 2.57 bits per heavy atom. The third kappa shape index (κ3) is 5.90. The molecule has 0 aliphatic heterocycles. The van der Waals surface area contributed by atoms with E-state index in [2.05, 4.69) is 20.6 Å². The van der Waals surface area contributed by atoms with Gasteiger partial charge in [-0.3, -0.25) is 4.79 Å². The minimum Gasteiger partial charge on any atom is -0.497 e. The van der Waals surface area contributed by atoms with E-state index >= 15 is 0 Å². The second-order valence-corrected chi connectivity index (χ2v) is 8.70. The van der Waals surface area contributed by atoms with Crippen LogP contribution in [0.5, 0.6) is 5.75 Å². The van der Waals surface area contributed by atoms with Gasteiger partial charge in [-0.05, 0) is 54.3 Å². The number of anilines is 3. The highest BCUT2D eigenvalue weighted by Gasteiger charge is 2.19. The second-order valence-electron chi connectivity index (χ2n) is 7.45. The molecule has 0 aliphatic rings. The van der Waals surface area contributed by atoms with E-state index < -0.39 is 11.7 Å². The van der Waals surface area contributed by atoms with Crippen molar-refractivity contribution in [3.05, 3.63) is 101 Å². The van der Waals surface area contributed by atoms with E-state index in [9.17, 15) is 9.18 Å². The number of aromatic nitrogens is 2. The molecule has 4 aromatic rings. The van der Waals surface area contributed by atoms with Crippen LogP contribution in [0.25, 0.3) is 0 Å². The Kier molecular flexibility index (Phi) is 7.84. The largest absolute Gasteiger partial charge is 0.497 e. The zero-order chi connectivity index (χ0) is 24.8. The molecule has 0 atom stereocenters. The van der Waals surface area contributed by atoms with Gasteiger partial charge in [0.25, 0.3) is 5.91 Å². The molecule has 4 rings (SSSR count). The number of rotatable bonds is 8. The third-order valence-electron chi connectivity index (χ3n) is 5.21. The Morgan fingerprint density at radius 2 is 1.86 bits per heavy atom. The van der Waals surface area contributed by atoms with E-state index in [0.717, 1.165) is 21.9 Å². The number of para-hydroxylation sites is 1. The van der Waals surface area contributed by atoms with Gasteiger partial charge in [-0.15, -0.1) is 11.8 Å². The minimum absolute atomic E-state index is 0.0879. The molecule has 9 heteroatoms. The fraction of sp³-hybridized carbons (Fsp3) is 0.115. The van der Waals surface area contributed by atoms with Crippen LogP contribution in [-0.4, -0.2) is 29.2 Å². The minimum atomic E-state index is -0.626. The van der Waals surface area contributed by atoms with Gasteiger partial charge in [-0.2, -0.15) is 0 Å². The summed E-state index contributed by atoms with van der Waals surface area (Å²) in [5.41, 5.74) is 2.39. The van der Waals surface area contributed by atoms with Crippen molar-refractivity contribution in [2.45, 2.75) is 11.3 Å². The molecular weight excluding hydrogens is 487 g/mol. The van der Waals surface area contributed by atoms with E-state index in [4.69, 9.17) is 16.3 Å². The maximum atomic E-state index is 14.3. The Bertz CT molecular complexity index is 1330. The number of halogens is 2. The summed E-state index contributed by atoms with van der Waals surface area (Å²) >= 11 is 7.71. The number of amides is 1. The molecule has 0 bridgehead atoms. The number of ether oxygens (including phenoxy) is 1. The van der Waals surface area contributed by atoms with E-state index in [1.165, 1.54) is 24.4 Å². The molecule has 0 spiro atoms. The molecule has 0 radical (unpaired) electrons. The molecule has 3 aromatic carbocycles. The number of carbonyl (C=O) groups is 1. The lowest BCUT2D eigenvalue weighted by Gasteiger charge is -2.14. The monoisotopic (exact) mass is 508 g/mol. The van der Waals surface area contributed by atoms with Crippen molar-refractivity contribution in [3.63, 3.8) is 0 Å². The molecule has 1 aromatic heterocycles. The first-order valence-corrected chi connectivity index (χ1v) is 12.2. The maximum Gasteiger partial charge on any atom is 0.259 e. The van der Waals surface area contributed by atoms with Crippen molar-refractivity contribution >= 4 is 46.6 Å². The van der Waals surface area contributed by atoms with Crippen molar-refractivity contribution in [2.75, 3.05) is 24.0 Å². The Balaban J connectivity index is 1.69. The predicted octanol–water partition coefficient (Wildman–Crippen LogP) is 6.59. The van der Waals surface area contributed by atoms with Crippen molar-refractivity contribution in [3.8, 4) is 5.75 Å². The molecule has 0 unspecified atom stereocenters. The highest BCUT2D eigenvalue weighted by Crippen LogP contribution is 2.27. The van der Waals surface area contributed by atoms with E-state index in [0.29, 0.717) is 18.1 Å². The van der Waals surface area contributed by atoms with Crippen molar-refractivity contribution < 1.29 is 13.9 Å². The van der Waals surface area contributed by atoms with Gasteiger partial charge in [0.2, 0.25) is 5.95 Å². The van der Waals surface area contributed by atoms with Crippen molar-refractivity contribution in [1.29, 1.82) is 0 Å². The van der Waals surface area contributed by atoms with Gasteiger partial charge in [-0.1, -0.05) is 35.9 Å². The fourth-order valence-electron chi connectivity index (χ4n) is 3.43. The quantitative estimate of drug-likeness (QED) is 0.262. The summed E-state index contributed by atoms with van der Waals surface area (Å²) in [5, 5.41) is 5.82. The molecule has 35 heavy (non-hydrogen) atoms. The average molecular weight is 509 g/mol. The molecule has 0 fully saturated rings. The molecule has 2 N–H and O–H groups in total. The average Bonchev–Trinajstić information content (AvgIpc) is 2.87. The summed E-state index contributed by atoms with van der Waals surface area (Å²) in [4.78, 5) is 23.2. The number of benzene rings is 3. The molecule has 0 saturated carbocycles. The fourth-order valence-corrected chi connectivity index (χ4v) is 4.26. The first kappa shape index (κ1) is 24.5. The van der Waals surface area contributed by atoms with E-state index in [1.807, 2.05) is 54.8 Å². The van der Waals surface area contributed by atoms with Crippen LogP contribution in [0.2, 0.25) is 5.02 Å². The van der Waals surface area contributed by atoms with Crippen LogP contribution in [-0.2, 0) is 6.42 Å². The summed E-state index contributed by atoms with van der Waals surface area (Å²) in [6, 6.07) is 19.4. The lowest BCUT2D eigenvalue weighted by atomic mass is 10.1. The van der Waals surface area contributed by atoms with Crippen molar-refractivity contribution in [2.24, 2.45) is 0 Å². The maximum absolute atomic E-state index is 14.3. The van der Waals surface area contributed by atoms with Crippen LogP contribution in [0.3, 0.4) is 0 Å². The van der Waals surface area contributed by atoms with Gasteiger partial charge < -0.3 is 15.4 Å². The van der Waals surface area contributed by atoms with Crippen LogP contribution in [0.15, 0.2) is 77.8 Å². The summed E-state index contributed by atoms with van der Waals surface area (Å²) in [7, 11) is 1.60. The predicted molar refractivity (Wildman–Crippen MR) is 139 cm³/mol. The van der Waals surface area contributed by atoms with Crippen LogP contribution in [0.4, 0.5) is 21.7 Å². The number of nitrogens with one attached hydrogen (secondary N) is 2. The lowest BCUT2D eigenvalue weighted by Crippen LogP contribution is -2.18. The lowest BCUT2D eigenvalue weighted by molar-refractivity contribution is 0.102. The van der Waals surface area contributed by atoms with Crippen LogP contribution >= 0.6 is 23.4 Å². The number of thioether (sulfide) groups is 1. The summed E-state index contributed by atoms with van der Waals surface area (Å²) < 4.78 is 19.5. The number of nitrogens with zero attached hydrogens (tertiary/aromatic N) is 2. The topological polar surface area (TPSA) is 76.1 Å². The smallest absolute Gasteiger partial charge is 0.259 e. The van der Waals surface area contributed by atoms with Crippen LogP contribution < -0.4 is 15.4 Å².